The van der Waals surface area contributed by atoms with Crippen LogP contribution in [0.4, 0.5) is 4.79 Å². The van der Waals surface area contributed by atoms with Crippen LogP contribution >= 0.6 is 7.60 Å². The number of aliphatic hydroxyl groups is 1. The lowest BCUT2D eigenvalue weighted by Gasteiger charge is -2.63. The Morgan fingerprint density at radius 2 is 1.62 bits per heavy atom. The highest BCUT2D eigenvalue weighted by Gasteiger charge is 2.67. The lowest BCUT2D eigenvalue weighted by molar-refractivity contribution is -0.205. The van der Waals surface area contributed by atoms with Crippen molar-refractivity contribution >= 4 is 13.7 Å². The molecule has 50 heavy (non-hydrogen) atoms. The van der Waals surface area contributed by atoms with E-state index < -0.39 is 13.2 Å². The van der Waals surface area contributed by atoms with Gasteiger partial charge in [0.1, 0.15) is 12.4 Å². The van der Waals surface area contributed by atoms with E-state index in [9.17, 15) is 19.3 Å². The van der Waals surface area contributed by atoms with Gasteiger partial charge >= 0.3 is 19.3 Å². The molecule has 1 amide bonds. The Morgan fingerprint density at radius 3 is 2.26 bits per heavy atom. The molecule has 7 fully saturated rings. The zero-order chi connectivity index (χ0) is 34.7. The molecule has 2 N–H and O–H groups in total. The SMILES string of the molecule is C[C@]12CC[C@H](OC(=O)NC3CCN(CP(=O)(OC4CCC4)OC4CCC4)CC3)C[C@H]1CC[C@@H]1[C@@H]2CC[C@]2(C)[C@@H](c3ccc(=O)oc3)CC[C@]12O. The number of carbonyl (C=O) groups is 1. The fourth-order valence-electron chi connectivity index (χ4n) is 11.7. The third kappa shape index (κ3) is 6.45. The van der Waals surface area contributed by atoms with Gasteiger partial charge < -0.3 is 28.6 Å². The van der Waals surface area contributed by atoms with E-state index in [0.29, 0.717) is 18.1 Å². The molecule has 6 saturated carbocycles. The molecule has 11 heteroatoms. The summed E-state index contributed by atoms with van der Waals surface area (Å²) in [6, 6.07) is 3.45. The standard InChI is InChI=1S/C39H59N2O8P/c1-37-18-13-31(47-36(43)40-28-16-21-41(22-17-28)25-50(45,48-29-5-3-6-29)49-30-7-4-8-30)23-27(37)10-11-34-33(37)14-19-38(2)32(15-20-39(34,38)44)26-9-12-35(42)46-24-26/h9,12,24,27-34,44H,3-8,10-11,13-23,25H2,1-2H3,(H,40,43)/t27-,31+,32-,33+,34-,37+,38-,39+/m1/s1. The van der Waals surface area contributed by atoms with Crippen molar-refractivity contribution < 1.29 is 32.7 Å². The van der Waals surface area contributed by atoms with Crippen LogP contribution in [0.1, 0.15) is 134 Å². The molecule has 0 spiro atoms. The molecule has 278 valence electrons. The summed E-state index contributed by atoms with van der Waals surface area (Å²) in [4.78, 5) is 27.0. The second kappa shape index (κ2) is 13.6. The largest absolute Gasteiger partial charge is 0.446 e. The second-order valence-electron chi connectivity index (χ2n) is 17.8. The number of ether oxygens (including phenoxy) is 1. The molecule has 10 nitrogen and oxygen atoms in total. The van der Waals surface area contributed by atoms with Gasteiger partial charge in [-0.1, -0.05) is 13.8 Å². The Kier molecular flexibility index (Phi) is 9.62. The number of nitrogens with zero attached hydrogens (tertiary/aromatic N) is 1. The number of amides is 1. The molecule has 7 aliphatic rings. The Hall–Kier alpha value is -1.71. The van der Waals surface area contributed by atoms with Crippen LogP contribution in [0.2, 0.25) is 0 Å². The van der Waals surface area contributed by atoms with E-state index in [-0.39, 0.29) is 58.7 Å². The molecule has 0 unspecified atom stereocenters. The maximum atomic E-state index is 13.7. The first-order valence-corrected chi connectivity index (χ1v) is 21.7. The van der Waals surface area contributed by atoms with Crippen molar-refractivity contribution in [3.05, 3.63) is 34.4 Å². The molecule has 8 rings (SSSR count). The number of likely N-dealkylation sites (tertiary alicyclic amines) is 1. The zero-order valence-electron chi connectivity index (χ0n) is 30.2. The van der Waals surface area contributed by atoms with E-state index in [1.807, 2.05) is 6.07 Å². The normalized spacial score (nSPS) is 39.8. The number of fused-ring (bicyclic) bond motifs is 5. The third-order valence-electron chi connectivity index (χ3n) is 15.2. The number of nitrogens with one attached hydrogen (secondary N) is 1. The van der Waals surface area contributed by atoms with Crippen molar-refractivity contribution in [3.8, 4) is 0 Å². The summed E-state index contributed by atoms with van der Waals surface area (Å²) in [5, 5.41) is 15.7. The monoisotopic (exact) mass is 714 g/mol. The average Bonchev–Trinajstić information content (AvgIpc) is 3.33. The summed E-state index contributed by atoms with van der Waals surface area (Å²) in [6.07, 6.45) is 18.0. The molecule has 0 bridgehead atoms. The van der Waals surface area contributed by atoms with Gasteiger partial charge in [0.25, 0.3) is 0 Å². The highest BCUT2D eigenvalue weighted by Crippen LogP contribution is 2.70. The van der Waals surface area contributed by atoms with E-state index in [4.69, 9.17) is 18.2 Å². The summed E-state index contributed by atoms with van der Waals surface area (Å²) < 4.78 is 37.2. The molecule has 1 aliphatic heterocycles. The summed E-state index contributed by atoms with van der Waals surface area (Å²) in [6.45, 7) is 6.23. The molecule has 1 aromatic rings. The first-order valence-electron chi connectivity index (χ1n) is 19.9. The van der Waals surface area contributed by atoms with Crippen LogP contribution < -0.4 is 10.9 Å². The van der Waals surface area contributed by atoms with Gasteiger partial charge in [-0.2, -0.15) is 0 Å². The smallest absolute Gasteiger partial charge is 0.407 e. The third-order valence-corrected chi connectivity index (χ3v) is 17.2. The van der Waals surface area contributed by atoms with Gasteiger partial charge in [-0.05, 0) is 150 Å². The Morgan fingerprint density at radius 1 is 0.900 bits per heavy atom. The zero-order valence-corrected chi connectivity index (χ0v) is 31.1. The van der Waals surface area contributed by atoms with E-state index >= 15 is 0 Å². The van der Waals surface area contributed by atoms with Gasteiger partial charge in [0.2, 0.25) is 0 Å². The van der Waals surface area contributed by atoms with Gasteiger partial charge in [0.05, 0.1) is 24.1 Å². The lowest BCUT2D eigenvalue weighted by atomic mass is 9.43. The first-order chi connectivity index (χ1) is 24.0. The van der Waals surface area contributed by atoms with E-state index in [0.717, 1.165) is 128 Å². The van der Waals surface area contributed by atoms with Crippen molar-refractivity contribution in [2.45, 2.75) is 159 Å². The number of alkyl carbamates (subject to hydrolysis) is 1. The average molecular weight is 715 g/mol. The van der Waals surface area contributed by atoms with E-state index in [1.54, 1.807) is 6.26 Å². The Balaban J connectivity index is 0.823. The number of rotatable bonds is 9. The highest BCUT2D eigenvalue weighted by atomic mass is 31.2. The molecular weight excluding hydrogens is 655 g/mol. The number of piperidine rings is 1. The molecule has 1 saturated heterocycles. The van der Waals surface area contributed by atoms with Crippen LogP contribution in [0.5, 0.6) is 0 Å². The minimum absolute atomic E-state index is 0.0435. The Labute approximate surface area is 297 Å². The quantitative estimate of drug-likeness (QED) is 0.247. The molecule has 1 aromatic heterocycles. The van der Waals surface area contributed by atoms with Crippen molar-refractivity contribution in [1.82, 2.24) is 10.2 Å². The first kappa shape index (κ1) is 35.3. The van der Waals surface area contributed by atoms with Crippen LogP contribution in [0, 0.1) is 28.6 Å². The number of hydrogen-bond acceptors (Lipinski definition) is 9. The molecule has 6 aliphatic carbocycles. The number of carbonyl (C=O) groups excluding carboxylic acids is 1. The summed E-state index contributed by atoms with van der Waals surface area (Å²) in [5.41, 5.74) is -0.123. The number of hydrogen-bond donors (Lipinski definition) is 2. The lowest BCUT2D eigenvalue weighted by Crippen LogP contribution is -2.62. The molecular formula is C39H59N2O8P. The summed E-state index contributed by atoms with van der Waals surface area (Å²) in [5.74, 6) is 1.39. The predicted molar refractivity (Wildman–Crippen MR) is 189 cm³/mol. The van der Waals surface area contributed by atoms with Crippen molar-refractivity contribution in [2.24, 2.45) is 28.6 Å². The highest BCUT2D eigenvalue weighted by molar-refractivity contribution is 7.53. The fourth-order valence-corrected chi connectivity index (χ4v) is 14.0. The summed E-state index contributed by atoms with van der Waals surface area (Å²) in [7, 11) is -3.17. The Bertz CT molecular complexity index is 1460. The fraction of sp³-hybridized carbons (Fsp3) is 0.846. The maximum Gasteiger partial charge on any atom is 0.407 e. The van der Waals surface area contributed by atoms with Crippen LogP contribution in [0.15, 0.2) is 27.6 Å². The molecule has 2 heterocycles. The molecule has 0 radical (unpaired) electrons. The van der Waals surface area contributed by atoms with Crippen LogP contribution in [-0.4, -0.2) is 65.4 Å². The van der Waals surface area contributed by atoms with Gasteiger partial charge in [-0.15, -0.1) is 0 Å². The summed E-state index contributed by atoms with van der Waals surface area (Å²) >= 11 is 0. The van der Waals surface area contributed by atoms with E-state index in [2.05, 4.69) is 24.1 Å². The molecule has 8 atom stereocenters. The van der Waals surface area contributed by atoms with Crippen molar-refractivity contribution in [3.63, 3.8) is 0 Å². The van der Waals surface area contributed by atoms with Crippen molar-refractivity contribution in [1.29, 1.82) is 0 Å². The topological polar surface area (TPSA) is 128 Å². The maximum absolute atomic E-state index is 13.7. The van der Waals surface area contributed by atoms with Crippen LogP contribution in [0.25, 0.3) is 0 Å². The minimum atomic E-state index is -3.17. The van der Waals surface area contributed by atoms with Gasteiger partial charge in [-0.3, -0.25) is 9.46 Å². The van der Waals surface area contributed by atoms with Gasteiger partial charge in [0.15, 0.2) is 0 Å². The predicted octanol–water partition coefficient (Wildman–Crippen LogP) is 7.73. The van der Waals surface area contributed by atoms with Gasteiger partial charge in [0, 0.05) is 30.6 Å². The minimum Gasteiger partial charge on any atom is -0.446 e. The van der Waals surface area contributed by atoms with Gasteiger partial charge in [-0.25, -0.2) is 9.59 Å². The van der Waals surface area contributed by atoms with Crippen LogP contribution in [-0.2, 0) is 18.3 Å². The molecule has 0 aromatic carbocycles. The van der Waals surface area contributed by atoms with Crippen molar-refractivity contribution in [2.75, 3.05) is 19.4 Å². The second-order valence-corrected chi connectivity index (χ2v) is 19.7. The van der Waals surface area contributed by atoms with E-state index in [1.165, 1.54) is 6.07 Å². The van der Waals surface area contributed by atoms with Crippen LogP contribution in [0.3, 0.4) is 0 Å².